The van der Waals surface area contributed by atoms with Gasteiger partial charge in [-0.15, -0.1) is 24.0 Å². The predicted molar refractivity (Wildman–Crippen MR) is 138 cm³/mol. The number of morpholine rings is 1. The SMILES string of the molecule is CN(C)C(=O)CNC(=NCc1ccc(N2CCOC2=O)cc1)NCCCN1CCOCC1.I. The van der Waals surface area contributed by atoms with Crippen molar-refractivity contribution in [2.24, 2.45) is 4.99 Å². The average Bonchev–Trinajstić information content (AvgIpc) is 3.24. The van der Waals surface area contributed by atoms with Crippen molar-refractivity contribution < 1.29 is 19.1 Å². The van der Waals surface area contributed by atoms with Crippen LogP contribution in [0.1, 0.15) is 12.0 Å². The van der Waals surface area contributed by atoms with E-state index >= 15 is 0 Å². The lowest BCUT2D eigenvalue weighted by atomic mass is 10.2. The van der Waals surface area contributed by atoms with Crippen molar-refractivity contribution in [3.63, 3.8) is 0 Å². The summed E-state index contributed by atoms with van der Waals surface area (Å²) >= 11 is 0. The van der Waals surface area contributed by atoms with Crippen LogP contribution in [0.15, 0.2) is 29.3 Å². The van der Waals surface area contributed by atoms with Crippen LogP contribution in [0.2, 0.25) is 0 Å². The Bertz CT molecular complexity index is 784. The molecule has 0 aromatic heterocycles. The number of aliphatic imine (C=N–C) groups is 1. The van der Waals surface area contributed by atoms with Crippen molar-refractivity contribution in [2.45, 2.75) is 13.0 Å². The average molecular weight is 574 g/mol. The summed E-state index contributed by atoms with van der Waals surface area (Å²) in [5, 5.41) is 6.44. The van der Waals surface area contributed by atoms with E-state index in [2.05, 4.69) is 20.5 Å². The molecule has 0 saturated carbocycles. The Balaban J connectivity index is 0.00000385. The summed E-state index contributed by atoms with van der Waals surface area (Å²) in [6.45, 7) is 6.93. The van der Waals surface area contributed by atoms with E-state index < -0.39 is 0 Å². The first-order valence-electron chi connectivity index (χ1n) is 11.1. The predicted octanol–water partition coefficient (Wildman–Crippen LogP) is 1.11. The van der Waals surface area contributed by atoms with Gasteiger partial charge in [0, 0.05) is 39.4 Å². The molecule has 33 heavy (non-hydrogen) atoms. The van der Waals surface area contributed by atoms with Crippen LogP contribution in [-0.2, 0) is 20.8 Å². The first kappa shape index (κ1) is 27.1. The first-order chi connectivity index (χ1) is 15.5. The molecule has 2 saturated heterocycles. The minimum Gasteiger partial charge on any atom is -0.447 e. The highest BCUT2D eigenvalue weighted by molar-refractivity contribution is 14.0. The molecule has 2 aliphatic heterocycles. The number of nitrogens with zero attached hydrogens (tertiary/aromatic N) is 4. The van der Waals surface area contributed by atoms with Gasteiger partial charge in [0.15, 0.2) is 5.96 Å². The number of hydrogen-bond acceptors (Lipinski definition) is 6. The van der Waals surface area contributed by atoms with Gasteiger partial charge in [-0.05, 0) is 30.7 Å². The van der Waals surface area contributed by atoms with Crippen LogP contribution in [-0.4, -0.2) is 101 Å². The van der Waals surface area contributed by atoms with E-state index in [1.807, 2.05) is 24.3 Å². The summed E-state index contributed by atoms with van der Waals surface area (Å²) in [5.74, 6) is 0.587. The molecule has 0 unspecified atom stereocenters. The second-order valence-electron chi connectivity index (χ2n) is 7.97. The van der Waals surface area contributed by atoms with Crippen LogP contribution in [0.25, 0.3) is 0 Å². The Morgan fingerprint density at radius 1 is 1.09 bits per heavy atom. The van der Waals surface area contributed by atoms with Gasteiger partial charge in [0.05, 0.1) is 32.8 Å². The first-order valence-corrected chi connectivity index (χ1v) is 11.1. The van der Waals surface area contributed by atoms with E-state index in [9.17, 15) is 9.59 Å². The molecule has 2 amide bonds. The van der Waals surface area contributed by atoms with Crippen molar-refractivity contribution >= 4 is 47.6 Å². The number of likely N-dealkylation sites (N-methyl/N-ethyl adjacent to an activating group) is 1. The summed E-state index contributed by atoms with van der Waals surface area (Å²) in [6.07, 6.45) is 0.664. The number of rotatable bonds is 9. The molecular formula is C22H35IN6O4. The minimum atomic E-state index is -0.311. The van der Waals surface area contributed by atoms with Gasteiger partial charge in [-0.3, -0.25) is 14.6 Å². The third-order valence-electron chi connectivity index (χ3n) is 5.38. The summed E-state index contributed by atoms with van der Waals surface area (Å²) < 4.78 is 10.4. The number of nitrogens with one attached hydrogen (secondary N) is 2. The molecule has 2 heterocycles. The molecule has 1 aromatic carbocycles. The van der Waals surface area contributed by atoms with Crippen molar-refractivity contribution in [2.75, 3.05) is 78.1 Å². The number of ether oxygens (including phenoxy) is 2. The highest BCUT2D eigenvalue weighted by Crippen LogP contribution is 2.19. The number of carbonyl (C=O) groups is 2. The second-order valence-corrected chi connectivity index (χ2v) is 7.97. The number of guanidine groups is 1. The van der Waals surface area contributed by atoms with Gasteiger partial charge in [-0.1, -0.05) is 12.1 Å². The molecule has 184 valence electrons. The third-order valence-corrected chi connectivity index (χ3v) is 5.38. The van der Waals surface area contributed by atoms with Gasteiger partial charge in [-0.2, -0.15) is 0 Å². The summed E-state index contributed by atoms with van der Waals surface area (Å²) in [6, 6.07) is 7.70. The van der Waals surface area contributed by atoms with E-state index in [0.29, 0.717) is 25.7 Å². The normalized spacial score (nSPS) is 16.7. The number of carbonyl (C=O) groups excluding carboxylic acids is 2. The Kier molecular flexibility index (Phi) is 11.7. The van der Waals surface area contributed by atoms with Crippen molar-refractivity contribution in [1.82, 2.24) is 20.4 Å². The highest BCUT2D eigenvalue weighted by atomic mass is 127. The molecule has 2 fully saturated rings. The number of hydrogen-bond donors (Lipinski definition) is 2. The molecule has 0 spiro atoms. The van der Waals surface area contributed by atoms with E-state index in [1.54, 1.807) is 23.9 Å². The maximum Gasteiger partial charge on any atom is 0.414 e. The fourth-order valence-corrected chi connectivity index (χ4v) is 3.41. The van der Waals surface area contributed by atoms with E-state index in [-0.39, 0.29) is 42.5 Å². The monoisotopic (exact) mass is 574 g/mol. The molecular weight excluding hydrogens is 539 g/mol. The molecule has 10 nitrogen and oxygen atoms in total. The lowest BCUT2D eigenvalue weighted by Gasteiger charge is -2.26. The summed E-state index contributed by atoms with van der Waals surface area (Å²) in [5.41, 5.74) is 1.83. The topological polar surface area (TPSA) is 98.7 Å². The van der Waals surface area contributed by atoms with Crippen LogP contribution in [0.3, 0.4) is 0 Å². The lowest BCUT2D eigenvalue weighted by molar-refractivity contribution is -0.127. The van der Waals surface area contributed by atoms with E-state index in [1.165, 1.54) is 0 Å². The highest BCUT2D eigenvalue weighted by Gasteiger charge is 2.23. The van der Waals surface area contributed by atoms with Crippen molar-refractivity contribution in [1.29, 1.82) is 0 Å². The standard InChI is InChI=1S/C22H34N6O4.HI/c1-26(2)20(29)17-25-21(23-8-3-9-27-10-13-31-14-11-27)24-16-18-4-6-19(7-5-18)28-12-15-32-22(28)30;/h4-7H,3,8-17H2,1-2H3,(H2,23,24,25);1H. The Hall–Kier alpha value is -2.12. The molecule has 0 atom stereocenters. The minimum absolute atomic E-state index is 0. The molecule has 2 N–H and O–H groups in total. The number of amides is 2. The molecule has 2 aliphatic rings. The fraction of sp³-hybridized carbons (Fsp3) is 0.591. The number of cyclic esters (lactones) is 1. The number of anilines is 1. The van der Waals surface area contributed by atoms with Crippen LogP contribution in [0.4, 0.5) is 10.5 Å². The molecule has 3 rings (SSSR count). The Morgan fingerprint density at radius 3 is 2.45 bits per heavy atom. The maximum absolute atomic E-state index is 12.0. The summed E-state index contributed by atoms with van der Waals surface area (Å²) in [7, 11) is 3.46. The van der Waals surface area contributed by atoms with Crippen molar-refractivity contribution in [3.8, 4) is 0 Å². The third kappa shape index (κ3) is 8.97. The number of halogens is 1. The van der Waals surface area contributed by atoms with Gasteiger partial charge in [-0.25, -0.2) is 9.79 Å². The van der Waals surface area contributed by atoms with Gasteiger partial charge < -0.3 is 25.0 Å². The van der Waals surface area contributed by atoms with Crippen LogP contribution in [0.5, 0.6) is 0 Å². The van der Waals surface area contributed by atoms with Crippen LogP contribution >= 0.6 is 24.0 Å². The van der Waals surface area contributed by atoms with Gasteiger partial charge >= 0.3 is 6.09 Å². The lowest BCUT2D eigenvalue weighted by Crippen LogP contribution is -2.44. The van der Waals surface area contributed by atoms with Gasteiger partial charge in [0.2, 0.25) is 5.91 Å². The Morgan fingerprint density at radius 2 is 1.82 bits per heavy atom. The van der Waals surface area contributed by atoms with Gasteiger partial charge in [0.25, 0.3) is 0 Å². The molecule has 11 heteroatoms. The van der Waals surface area contributed by atoms with Crippen LogP contribution < -0.4 is 15.5 Å². The van der Waals surface area contributed by atoms with Gasteiger partial charge in [0.1, 0.15) is 6.61 Å². The zero-order chi connectivity index (χ0) is 22.8. The number of benzene rings is 1. The second kappa shape index (κ2) is 14.2. The van der Waals surface area contributed by atoms with E-state index in [4.69, 9.17) is 9.47 Å². The molecule has 0 radical (unpaired) electrons. The molecule has 0 aliphatic carbocycles. The van der Waals surface area contributed by atoms with E-state index in [0.717, 1.165) is 57.1 Å². The Labute approximate surface area is 212 Å². The zero-order valence-electron chi connectivity index (χ0n) is 19.4. The smallest absolute Gasteiger partial charge is 0.414 e. The molecule has 1 aromatic rings. The zero-order valence-corrected chi connectivity index (χ0v) is 21.7. The maximum atomic E-state index is 12.0. The quantitative estimate of drug-likeness (QED) is 0.197. The largest absolute Gasteiger partial charge is 0.447 e. The summed E-state index contributed by atoms with van der Waals surface area (Å²) in [4.78, 5) is 33.9. The van der Waals surface area contributed by atoms with Crippen molar-refractivity contribution in [3.05, 3.63) is 29.8 Å². The van der Waals surface area contributed by atoms with Crippen LogP contribution in [0, 0.1) is 0 Å². The fourth-order valence-electron chi connectivity index (χ4n) is 3.41. The molecule has 0 bridgehead atoms.